The van der Waals surface area contributed by atoms with Crippen LogP contribution in [0.2, 0.25) is 0 Å². The van der Waals surface area contributed by atoms with E-state index in [1.807, 2.05) is 24.3 Å². The molecule has 1 aromatic carbocycles. The number of unbranched alkanes of at least 4 members (excludes halogenated alkanes) is 2. The minimum Gasteiger partial charge on any atom is -0.356 e. The third kappa shape index (κ3) is 5.03. The van der Waals surface area contributed by atoms with Crippen molar-refractivity contribution in [2.24, 2.45) is 5.73 Å². The first-order valence-electron chi connectivity index (χ1n) is 6.25. The van der Waals surface area contributed by atoms with Crippen molar-refractivity contribution in [2.75, 3.05) is 6.54 Å². The summed E-state index contributed by atoms with van der Waals surface area (Å²) in [5.41, 5.74) is 7.66. The number of amides is 1. The van der Waals surface area contributed by atoms with Crippen LogP contribution in [0.4, 0.5) is 0 Å². The van der Waals surface area contributed by atoms with Crippen LogP contribution < -0.4 is 11.1 Å². The predicted octanol–water partition coefficient (Wildman–Crippen LogP) is 1.61. The molecule has 0 heterocycles. The van der Waals surface area contributed by atoms with Crippen LogP contribution in [-0.4, -0.2) is 12.5 Å². The molecule has 0 aliphatic heterocycles. The molecular formula is C15H20N2O. The van der Waals surface area contributed by atoms with E-state index in [0.717, 1.165) is 30.4 Å². The van der Waals surface area contributed by atoms with Crippen molar-refractivity contribution in [1.82, 2.24) is 5.32 Å². The second-order valence-corrected chi connectivity index (χ2v) is 4.16. The van der Waals surface area contributed by atoms with E-state index >= 15 is 0 Å². The number of nitrogens with one attached hydrogen (secondary N) is 1. The Morgan fingerprint density at radius 1 is 1.28 bits per heavy atom. The van der Waals surface area contributed by atoms with Crippen molar-refractivity contribution < 1.29 is 4.79 Å². The summed E-state index contributed by atoms with van der Waals surface area (Å²) in [6.07, 6.45) is 8.20. The molecule has 0 aliphatic carbocycles. The molecule has 0 atom stereocenters. The van der Waals surface area contributed by atoms with Crippen LogP contribution in [0, 0.1) is 12.3 Å². The first-order valence-corrected chi connectivity index (χ1v) is 6.25. The van der Waals surface area contributed by atoms with Crippen molar-refractivity contribution in [3.05, 3.63) is 35.4 Å². The lowest BCUT2D eigenvalue weighted by molar-refractivity contribution is -0.120. The highest BCUT2D eigenvalue weighted by Gasteiger charge is 2.05. The van der Waals surface area contributed by atoms with E-state index in [4.69, 9.17) is 12.2 Å². The lowest BCUT2D eigenvalue weighted by atomic mass is 10.0. The van der Waals surface area contributed by atoms with Gasteiger partial charge in [-0.15, -0.1) is 12.3 Å². The van der Waals surface area contributed by atoms with Gasteiger partial charge in [-0.25, -0.2) is 0 Å². The summed E-state index contributed by atoms with van der Waals surface area (Å²) in [7, 11) is 0. The highest BCUT2D eigenvalue weighted by molar-refractivity contribution is 5.78. The summed E-state index contributed by atoms with van der Waals surface area (Å²) in [6.45, 7) is 1.15. The molecule has 0 spiro atoms. The molecule has 96 valence electrons. The number of rotatable bonds is 7. The lowest BCUT2D eigenvalue weighted by Crippen LogP contribution is -2.26. The third-order valence-electron chi connectivity index (χ3n) is 2.76. The summed E-state index contributed by atoms with van der Waals surface area (Å²) >= 11 is 0. The zero-order valence-corrected chi connectivity index (χ0v) is 10.6. The molecule has 1 aromatic rings. The maximum Gasteiger partial charge on any atom is 0.224 e. The molecule has 3 N–H and O–H groups in total. The first kappa shape index (κ1) is 14.3. The molecule has 3 nitrogen and oxygen atoms in total. The molecule has 0 fully saturated rings. The van der Waals surface area contributed by atoms with Crippen molar-refractivity contribution in [3.8, 4) is 12.3 Å². The number of carbonyl (C=O) groups excluding carboxylic acids is 1. The van der Waals surface area contributed by atoms with Crippen LogP contribution in [-0.2, 0) is 17.8 Å². The highest BCUT2D eigenvalue weighted by Crippen LogP contribution is 2.08. The SMILES string of the molecule is C#CCCCCNC(=O)Cc1ccccc1CN. The van der Waals surface area contributed by atoms with Gasteiger partial charge in [-0.1, -0.05) is 24.3 Å². The van der Waals surface area contributed by atoms with E-state index in [1.165, 1.54) is 0 Å². The van der Waals surface area contributed by atoms with E-state index in [-0.39, 0.29) is 5.91 Å². The van der Waals surface area contributed by atoms with E-state index in [2.05, 4.69) is 11.2 Å². The fourth-order valence-electron chi connectivity index (χ4n) is 1.74. The topological polar surface area (TPSA) is 55.1 Å². The van der Waals surface area contributed by atoms with Crippen LogP contribution >= 0.6 is 0 Å². The van der Waals surface area contributed by atoms with E-state index in [1.54, 1.807) is 0 Å². The highest BCUT2D eigenvalue weighted by atomic mass is 16.1. The summed E-state index contributed by atoms with van der Waals surface area (Å²) in [5.74, 6) is 2.62. The van der Waals surface area contributed by atoms with Gasteiger partial charge in [0.25, 0.3) is 0 Å². The number of carbonyl (C=O) groups is 1. The van der Waals surface area contributed by atoms with E-state index < -0.39 is 0 Å². The first-order chi connectivity index (χ1) is 8.77. The van der Waals surface area contributed by atoms with Gasteiger partial charge in [0.2, 0.25) is 5.91 Å². The van der Waals surface area contributed by atoms with E-state index in [0.29, 0.717) is 19.5 Å². The van der Waals surface area contributed by atoms with Crippen molar-refractivity contribution in [2.45, 2.75) is 32.2 Å². The largest absolute Gasteiger partial charge is 0.356 e. The molecule has 0 saturated carbocycles. The van der Waals surface area contributed by atoms with Gasteiger partial charge >= 0.3 is 0 Å². The van der Waals surface area contributed by atoms with Crippen LogP contribution in [0.25, 0.3) is 0 Å². The standard InChI is InChI=1S/C15H20N2O/c1-2-3-4-7-10-17-15(18)11-13-8-5-6-9-14(13)12-16/h1,5-6,8-9H,3-4,7,10-12,16H2,(H,17,18). The Bertz CT molecular complexity index is 421. The van der Waals surface area contributed by atoms with Gasteiger partial charge in [0.1, 0.15) is 0 Å². The van der Waals surface area contributed by atoms with Crippen molar-refractivity contribution in [3.63, 3.8) is 0 Å². The number of terminal acetylenes is 1. The van der Waals surface area contributed by atoms with Crippen molar-refractivity contribution >= 4 is 5.91 Å². The lowest BCUT2D eigenvalue weighted by Gasteiger charge is -2.08. The van der Waals surface area contributed by atoms with Crippen LogP contribution in [0.1, 0.15) is 30.4 Å². The summed E-state index contributed by atoms with van der Waals surface area (Å²) < 4.78 is 0. The monoisotopic (exact) mass is 244 g/mol. The molecule has 0 aromatic heterocycles. The summed E-state index contributed by atoms with van der Waals surface area (Å²) in [6, 6.07) is 7.76. The molecular weight excluding hydrogens is 224 g/mol. The van der Waals surface area contributed by atoms with Gasteiger partial charge in [-0.3, -0.25) is 4.79 Å². The third-order valence-corrected chi connectivity index (χ3v) is 2.76. The number of benzene rings is 1. The molecule has 0 radical (unpaired) electrons. The normalized spacial score (nSPS) is 9.78. The molecule has 0 bridgehead atoms. The fourth-order valence-corrected chi connectivity index (χ4v) is 1.74. The van der Waals surface area contributed by atoms with Crippen LogP contribution in [0.3, 0.4) is 0 Å². The molecule has 1 amide bonds. The Morgan fingerprint density at radius 3 is 2.67 bits per heavy atom. The number of hydrogen-bond donors (Lipinski definition) is 2. The Morgan fingerprint density at radius 2 is 2.00 bits per heavy atom. The molecule has 0 unspecified atom stereocenters. The van der Waals surface area contributed by atoms with Gasteiger partial charge in [0.15, 0.2) is 0 Å². The Labute approximate surface area is 109 Å². The second-order valence-electron chi connectivity index (χ2n) is 4.16. The number of nitrogens with two attached hydrogens (primary N) is 1. The molecule has 0 aliphatic rings. The number of hydrogen-bond acceptors (Lipinski definition) is 2. The predicted molar refractivity (Wildman–Crippen MR) is 73.7 cm³/mol. The quantitative estimate of drug-likeness (QED) is 0.565. The van der Waals surface area contributed by atoms with Gasteiger partial charge < -0.3 is 11.1 Å². The van der Waals surface area contributed by atoms with Gasteiger partial charge in [0.05, 0.1) is 6.42 Å². The second kappa shape index (κ2) is 8.32. The van der Waals surface area contributed by atoms with Gasteiger partial charge in [-0.2, -0.15) is 0 Å². The fraction of sp³-hybridized carbons (Fsp3) is 0.400. The minimum absolute atomic E-state index is 0.0385. The molecule has 18 heavy (non-hydrogen) atoms. The molecule has 3 heteroatoms. The van der Waals surface area contributed by atoms with E-state index in [9.17, 15) is 4.79 Å². The zero-order valence-electron chi connectivity index (χ0n) is 10.6. The Kier molecular flexibility index (Phi) is 6.60. The summed E-state index contributed by atoms with van der Waals surface area (Å²) in [4.78, 5) is 11.7. The molecule has 0 saturated heterocycles. The average molecular weight is 244 g/mol. The van der Waals surface area contributed by atoms with Crippen LogP contribution in [0.5, 0.6) is 0 Å². The van der Waals surface area contributed by atoms with Crippen LogP contribution in [0.15, 0.2) is 24.3 Å². The van der Waals surface area contributed by atoms with Gasteiger partial charge in [-0.05, 0) is 24.0 Å². The Balaban J connectivity index is 2.33. The maximum absolute atomic E-state index is 11.7. The average Bonchev–Trinajstić information content (AvgIpc) is 2.39. The maximum atomic E-state index is 11.7. The molecule has 1 rings (SSSR count). The summed E-state index contributed by atoms with van der Waals surface area (Å²) in [5, 5.41) is 2.89. The van der Waals surface area contributed by atoms with Crippen molar-refractivity contribution in [1.29, 1.82) is 0 Å². The van der Waals surface area contributed by atoms with Gasteiger partial charge in [0, 0.05) is 19.5 Å². The Hall–Kier alpha value is -1.79. The zero-order chi connectivity index (χ0) is 13.2. The minimum atomic E-state index is 0.0385. The smallest absolute Gasteiger partial charge is 0.224 e.